The van der Waals surface area contributed by atoms with Gasteiger partial charge < -0.3 is 14.7 Å². The fraction of sp³-hybridized carbons (Fsp3) is 0.500. The van der Waals surface area contributed by atoms with Crippen LogP contribution in [0.5, 0.6) is 0 Å². The smallest absolute Gasteiger partial charge is 0.331 e. The third-order valence-corrected chi connectivity index (χ3v) is 11.0. The van der Waals surface area contributed by atoms with Crippen LogP contribution in [0.1, 0.15) is 44.2 Å². The van der Waals surface area contributed by atoms with Gasteiger partial charge in [-0.1, -0.05) is 55.0 Å². The molecule has 1 N–H and O–H groups in total. The van der Waals surface area contributed by atoms with Crippen LogP contribution in [0, 0.1) is 17.3 Å². The van der Waals surface area contributed by atoms with Gasteiger partial charge in [-0.15, -0.1) is 0 Å². The van der Waals surface area contributed by atoms with E-state index in [1.54, 1.807) is 22.8 Å². The first-order valence-corrected chi connectivity index (χ1v) is 13.8. The number of esters is 1. The van der Waals surface area contributed by atoms with Gasteiger partial charge >= 0.3 is 17.8 Å². The maximum Gasteiger partial charge on any atom is 0.331 e. The molecule has 38 heavy (non-hydrogen) atoms. The zero-order valence-corrected chi connectivity index (χ0v) is 21.6. The molecule has 1 saturated carbocycles. The van der Waals surface area contributed by atoms with E-state index in [-0.39, 0.29) is 24.5 Å². The van der Waals surface area contributed by atoms with Gasteiger partial charge in [0.15, 0.2) is 11.2 Å². The number of aliphatic hydroxyl groups is 1. The summed E-state index contributed by atoms with van der Waals surface area (Å²) in [5.74, 6) is -2.07. The van der Waals surface area contributed by atoms with E-state index in [0.717, 1.165) is 24.8 Å². The van der Waals surface area contributed by atoms with Crippen molar-refractivity contribution in [2.45, 2.75) is 62.5 Å². The maximum absolute atomic E-state index is 14.7. The van der Waals surface area contributed by atoms with Gasteiger partial charge in [-0.25, -0.2) is 4.79 Å². The van der Waals surface area contributed by atoms with E-state index in [4.69, 9.17) is 4.74 Å². The largest absolute Gasteiger partial charge is 0.464 e. The van der Waals surface area contributed by atoms with E-state index < -0.39 is 40.0 Å². The minimum atomic E-state index is -1.39. The first-order valence-electron chi connectivity index (χ1n) is 13.8. The van der Waals surface area contributed by atoms with Crippen LogP contribution in [0.3, 0.4) is 0 Å². The summed E-state index contributed by atoms with van der Waals surface area (Å²) in [7, 11) is 0. The van der Waals surface area contributed by atoms with E-state index in [9.17, 15) is 19.5 Å². The van der Waals surface area contributed by atoms with Gasteiger partial charge in [0.05, 0.1) is 23.8 Å². The highest BCUT2D eigenvalue weighted by atomic mass is 16.5. The predicted octanol–water partition coefficient (Wildman–Crippen LogP) is 2.40. The Labute approximate surface area is 221 Å². The standard InChI is InChI=1S/C30H31N3O5/c1-3-38-26(36)29-28-15-9-13-20(28)22(31(29)16-18-10-5-4-6-11-18)23-27(2,37)19-12-7-8-14-21(19)33-25(35)24(34)32(17-28)30(23,29)33/h4-8,10-12,14,20,22-23,37H,3,9,13,15-17H2,1-2H3/t20-,22?,23-,27+,28?,29-,30+/m0/s1. The molecule has 2 bridgehead atoms. The minimum Gasteiger partial charge on any atom is -0.464 e. The predicted molar refractivity (Wildman–Crippen MR) is 136 cm³/mol. The van der Waals surface area contributed by atoms with Crippen LogP contribution in [0.2, 0.25) is 0 Å². The van der Waals surface area contributed by atoms with Gasteiger partial charge in [-0.05, 0) is 44.2 Å². The van der Waals surface area contributed by atoms with Crippen molar-refractivity contribution in [1.29, 1.82) is 0 Å². The molecule has 6 aliphatic rings. The lowest BCUT2D eigenvalue weighted by molar-refractivity contribution is -0.170. The number of rotatable bonds is 4. The Morgan fingerprint density at radius 3 is 2.58 bits per heavy atom. The Hall–Kier alpha value is -3.23. The number of carbonyl (C=O) groups is 3. The first kappa shape index (κ1) is 22.7. The molecule has 5 aliphatic heterocycles. The summed E-state index contributed by atoms with van der Waals surface area (Å²) < 4.78 is 5.96. The third-order valence-electron chi connectivity index (χ3n) is 11.0. The van der Waals surface area contributed by atoms with Crippen LogP contribution in [-0.4, -0.2) is 63.1 Å². The van der Waals surface area contributed by atoms with Crippen molar-refractivity contribution < 1.29 is 24.2 Å². The van der Waals surface area contributed by atoms with Crippen LogP contribution < -0.4 is 4.90 Å². The van der Waals surface area contributed by atoms with Crippen molar-refractivity contribution in [2.24, 2.45) is 17.3 Å². The number of ether oxygens (including phenoxy) is 1. The van der Waals surface area contributed by atoms with Gasteiger partial charge in [0.2, 0.25) is 0 Å². The van der Waals surface area contributed by atoms with Crippen LogP contribution in [0.4, 0.5) is 5.69 Å². The number of anilines is 1. The molecule has 5 heterocycles. The van der Waals surface area contributed by atoms with Crippen molar-refractivity contribution in [1.82, 2.24) is 9.80 Å². The topological polar surface area (TPSA) is 90.4 Å². The summed E-state index contributed by atoms with van der Waals surface area (Å²) in [5, 5.41) is 12.5. The molecular weight excluding hydrogens is 482 g/mol. The highest BCUT2D eigenvalue weighted by Gasteiger charge is 2.98. The molecular formula is C30H31N3O5. The van der Waals surface area contributed by atoms with Crippen molar-refractivity contribution >= 4 is 23.5 Å². The molecule has 4 saturated heterocycles. The summed E-state index contributed by atoms with van der Waals surface area (Å²) in [4.78, 5) is 48.1. The molecule has 2 unspecified atom stereocenters. The fourth-order valence-corrected chi connectivity index (χ4v) is 10.3. The molecule has 2 amide bonds. The van der Waals surface area contributed by atoms with Crippen LogP contribution >= 0.6 is 0 Å². The molecule has 2 spiro atoms. The second-order valence-electron chi connectivity index (χ2n) is 12.1. The van der Waals surface area contributed by atoms with Gasteiger partial charge in [0.1, 0.15) is 0 Å². The van der Waals surface area contributed by atoms with Crippen molar-refractivity contribution in [3.63, 3.8) is 0 Å². The zero-order valence-electron chi connectivity index (χ0n) is 21.6. The molecule has 8 rings (SSSR count). The van der Waals surface area contributed by atoms with Gasteiger partial charge in [0, 0.05) is 30.1 Å². The molecule has 196 valence electrons. The molecule has 2 aromatic rings. The summed E-state index contributed by atoms with van der Waals surface area (Å²) >= 11 is 0. The second kappa shape index (κ2) is 6.85. The number of nitrogens with zero attached hydrogens (tertiary/aromatic N) is 3. The second-order valence-corrected chi connectivity index (χ2v) is 12.1. The molecule has 0 aromatic heterocycles. The number of benzene rings is 2. The fourth-order valence-electron chi connectivity index (χ4n) is 10.3. The van der Waals surface area contributed by atoms with Crippen molar-refractivity contribution in [3.05, 3.63) is 65.7 Å². The normalized spacial score (nSPS) is 41.5. The van der Waals surface area contributed by atoms with E-state index in [2.05, 4.69) is 4.90 Å². The summed E-state index contributed by atoms with van der Waals surface area (Å²) in [6.45, 7) is 4.60. The summed E-state index contributed by atoms with van der Waals surface area (Å²) in [5.41, 5.74) is -2.40. The number of hydrogen-bond acceptors (Lipinski definition) is 6. The minimum absolute atomic E-state index is 0.0957. The van der Waals surface area contributed by atoms with Gasteiger partial charge in [0.25, 0.3) is 0 Å². The maximum atomic E-state index is 14.7. The summed E-state index contributed by atoms with van der Waals surface area (Å²) in [6, 6.07) is 17.1. The lowest BCUT2D eigenvalue weighted by atomic mass is 9.51. The Bertz CT molecular complexity index is 1430. The van der Waals surface area contributed by atoms with Crippen molar-refractivity contribution in [3.8, 4) is 0 Å². The average Bonchev–Trinajstić information content (AvgIpc) is 3.60. The monoisotopic (exact) mass is 513 g/mol. The number of amides is 2. The Morgan fingerprint density at radius 1 is 1.08 bits per heavy atom. The molecule has 0 radical (unpaired) electrons. The van der Waals surface area contributed by atoms with E-state index in [1.165, 1.54) is 0 Å². The van der Waals surface area contributed by atoms with Gasteiger partial charge in [-0.3, -0.25) is 19.4 Å². The third kappa shape index (κ3) is 1.99. The number of fused-ring (bicyclic) bond motifs is 5. The molecule has 8 heteroatoms. The highest BCUT2D eigenvalue weighted by molar-refractivity contribution is 6.44. The molecule has 8 nitrogen and oxygen atoms in total. The molecule has 1 aliphatic carbocycles. The van der Waals surface area contributed by atoms with E-state index >= 15 is 0 Å². The average molecular weight is 514 g/mol. The van der Waals surface area contributed by atoms with Crippen molar-refractivity contribution in [2.75, 3.05) is 18.1 Å². The SMILES string of the molecule is CCOC(=O)[C@@]12N(Cc3ccccc3)C3[C@@H]4[C@]15N(CC21CCC[C@@H]31)C(=O)C(=O)N5c1ccccc1[C@@]4(C)O. The number of carbonyl (C=O) groups excluding carboxylic acids is 3. The van der Waals surface area contributed by atoms with E-state index in [1.807, 2.05) is 55.5 Å². The number of para-hydroxylation sites is 1. The van der Waals surface area contributed by atoms with Crippen LogP contribution in [0.25, 0.3) is 0 Å². The Morgan fingerprint density at radius 2 is 1.82 bits per heavy atom. The van der Waals surface area contributed by atoms with Gasteiger partial charge in [-0.2, -0.15) is 0 Å². The molecule has 2 aromatic carbocycles. The zero-order chi connectivity index (χ0) is 26.2. The lowest BCUT2D eigenvalue weighted by Crippen LogP contribution is -2.78. The lowest BCUT2D eigenvalue weighted by Gasteiger charge is -2.59. The van der Waals surface area contributed by atoms with Crippen LogP contribution in [0.15, 0.2) is 54.6 Å². The Balaban J connectivity index is 1.50. The highest BCUT2D eigenvalue weighted by Crippen LogP contribution is 2.81. The Kier molecular flexibility index (Phi) is 4.10. The quantitative estimate of drug-likeness (QED) is 0.499. The molecule has 7 atom stereocenters. The number of hydrogen-bond donors (Lipinski definition) is 1. The van der Waals surface area contributed by atoms with E-state index in [0.29, 0.717) is 24.3 Å². The van der Waals surface area contributed by atoms with Crippen LogP contribution in [-0.2, 0) is 31.3 Å². The molecule has 5 fully saturated rings. The summed E-state index contributed by atoms with van der Waals surface area (Å²) in [6.07, 6.45) is 2.63. The first-order chi connectivity index (χ1) is 18.3.